The van der Waals surface area contributed by atoms with Gasteiger partial charge in [0.25, 0.3) is 0 Å². The minimum atomic E-state index is 0.0507. The fourth-order valence-corrected chi connectivity index (χ4v) is 2.77. The zero-order valence-electron chi connectivity index (χ0n) is 11.6. The first-order chi connectivity index (χ1) is 9.64. The highest BCUT2D eigenvalue weighted by molar-refractivity contribution is 9.10. The van der Waals surface area contributed by atoms with E-state index in [-0.39, 0.29) is 5.41 Å². The number of hydrogen-bond acceptors (Lipinski definition) is 4. The Morgan fingerprint density at radius 3 is 2.75 bits per heavy atom. The van der Waals surface area contributed by atoms with Gasteiger partial charge in [0.15, 0.2) is 11.5 Å². The van der Waals surface area contributed by atoms with E-state index in [0.717, 1.165) is 29.3 Å². The minimum Gasteiger partial charge on any atom is -0.493 e. The van der Waals surface area contributed by atoms with E-state index in [4.69, 9.17) is 20.5 Å². The molecule has 4 nitrogen and oxygen atoms in total. The number of methoxy groups -OCH3 is 1. The van der Waals surface area contributed by atoms with Crippen LogP contribution in [0, 0.1) is 16.7 Å². The van der Waals surface area contributed by atoms with E-state index in [1.165, 1.54) is 0 Å². The Labute approximate surface area is 128 Å². The van der Waals surface area contributed by atoms with Crippen molar-refractivity contribution in [2.24, 2.45) is 11.1 Å². The van der Waals surface area contributed by atoms with Crippen molar-refractivity contribution >= 4 is 15.9 Å². The molecule has 1 aromatic rings. The van der Waals surface area contributed by atoms with E-state index < -0.39 is 0 Å². The number of hydrogen-bond donors (Lipinski definition) is 1. The summed E-state index contributed by atoms with van der Waals surface area (Å²) in [4.78, 5) is 0. The summed E-state index contributed by atoms with van der Waals surface area (Å²) in [5.41, 5.74) is 6.74. The van der Waals surface area contributed by atoms with Crippen LogP contribution < -0.4 is 15.2 Å². The maximum absolute atomic E-state index is 8.84. The van der Waals surface area contributed by atoms with Gasteiger partial charge < -0.3 is 15.2 Å². The highest BCUT2D eigenvalue weighted by Crippen LogP contribution is 2.49. The highest BCUT2D eigenvalue weighted by atomic mass is 79.9. The molecule has 2 N–H and O–H groups in total. The third-order valence-corrected chi connectivity index (χ3v) is 4.25. The first kappa shape index (κ1) is 15.1. The maximum atomic E-state index is 8.84. The number of nitrogens with two attached hydrogens (primary N) is 1. The van der Waals surface area contributed by atoms with Gasteiger partial charge in [0, 0.05) is 11.8 Å². The Morgan fingerprint density at radius 1 is 1.45 bits per heavy atom. The third kappa shape index (κ3) is 3.44. The molecule has 1 fully saturated rings. The second-order valence-electron chi connectivity index (χ2n) is 5.27. The quantitative estimate of drug-likeness (QED) is 0.829. The molecule has 20 heavy (non-hydrogen) atoms. The molecule has 0 heterocycles. The van der Waals surface area contributed by atoms with Crippen LogP contribution >= 0.6 is 15.9 Å². The molecule has 0 bridgehead atoms. The second kappa shape index (κ2) is 6.47. The van der Waals surface area contributed by atoms with E-state index in [9.17, 15) is 0 Å². The molecule has 0 saturated heterocycles. The number of halogens is 1. The second-order valence-corrected chi connectivity index (χ2v) is 6.13. The highest BCUT2D eigenvalue weighted by Gasteiger charge is 2.43. The van der Waals surface area contributed by atoms with Crippen LogP contribution in [0.1, 0.15) is 24.8 Å². The van der Waals surface area contributed by atoms with Gasteiger partial charge in [-0.05, 0) is 59.4 Å². The van der Waals surface area contributed by atoms with Crippen LogP contribution in [0.2, 0.25) is 0 Å². The van der Waals surface area contributed by atoms with Crippen LogP contribution in [0.4, 0.5) is 0 Å². The molecule has 0 unspecified atom stereocenters. The standard InChI is InChI=1S/C15H19BrN2O2/c1-19-13-9-11(2-6-17)8-12(16)14(13)20-10-15(3-4-15)5-7-18/h8-9H,2-6,10,17H2,1H3. The van der Waals surface area contributed by atoms with E-state index in [0.29, 0.717) is 31.1 Å². The summed E-state index contributed by atoms with van der Waals surface area (Å²) in [5.74, 6) is 1.41. The van der Waals surface area contributed by atoms with Crippen molar-refractivity contribution in [1.82, 2.24) is 0 Å². The minimum absolute atomic E-state index is 0.0507. The smallest absolute Gasteiger partial charge is 0.175 e. The average molecular weight is 339 g/mol. The van der Waals surface area contributed by atoms with Crippen molar-refractivity contribution in [3.8, 4) is 17.6 Å². The van der Waals surface area contributed by atoms with Crippen LogP contribution in [0.5, 0.6) is 11.5 Å². The van der Waals surface area contributed by atoms with Gasteiger partial charge >= 0.3 is 0 Å². The summed E-state index contributed by atoms with van der Waals surface area (Å²) in [6, 6.07) is 6.20. The Bertz CT molecular complexity index is 521. The summed E-state index contributed by atoms with van der Waals surface area (Å²) >= 11 is 3.53. The molecule has 0 radical (unpaired) electrons. The van der Waals surface area contributed by atoms with Crippen molar-refractivity contribution in [3.05, 3.63) is 22.2 Å². The lowest BCUT2D eigenvalue weighted by atomic mass is 10.1. The van der Waals surface area contributed by atoms with E-state index in [1.54, 1.807) is 7.11 Å². The fraction of sp³-hybridized carbons (Fsp3) is 0.533. The predicted octanol–water partition coefficient (Wildman–Crippen LogP) is 3.03. The van der Waals surface area contributed by atoms with Crippen molar-refractivity contribution in [2.75, 3.05) is 20.3 Å². The lowest BCUT2D eigenvalue weighted by Gasteiger charge is -2.17. The van der Waals surface area contributed by atoms with Gasteiger partial charge in [-0.25, -0.2) is 0 Å². The molecule has 5 heteroatoms. The zero-order chi connectivity index (χ0) is 14.6. The number of nitriles is 1. The maximum Gasteiger partial charge on any atom is 0.175 e. The molecule has 0 aliphatic heterocycles. The summed E-state index contributed by atoms with van der Waals surface area (Å²) < 4.78 is 12.2. The Hall–Kier alpha value is -1.25. The summed E-state index contributed by atoms with van der Waals surface area (Å²) in [6.45, 7) is 1.16. The number of rotatable bonds is 7. The first-order valence-corrected chi connectivity index (χ1v) is 7.50. The van der Waals surface area contributed by atoms with Crippen LogP contribution in [0.3, 0.4) is 0 Å². The molecule has 1 saturated carbocycles. The normalized spacial score (nSPS) is 15.5. The van der Waals surface area contributed by atoms with Gasteiger partial charge in [0.2, 0.25) is 0 Å². The monoisotopic (exact) mass is 338 g/mol. The zero-order valence-corrected chi connectivity index (χ0v) is 13.2. The van der Waals surface area contributed by atoms with Gasteiger partial charge in [-0.2, -0.15) is 5.26 Å². The topological polar surface area (TPSA) is 68.3 Å². The van der Waals surface area contributed by atoms with Crippen LogP contribution in [-0.4, -0.2) is 20.3 Å². The van der Waals surface area contributed by atoms with Crippen LogP contribution in [-0.2, 0) is 6.42 Å². The molecule has 1 aliphatic carbocycles. The first-order valence-electron chi connectivity index (χ1n) is 6.70. The molecular formula is C15H19BrN2O2. The van der Waals surface area contributed by atoms with Gasteiger partial charge in [-0.15, -0.1) is 0 Å². The van der Waals surface area contributed by atoms with Gasteiger partial charge in [0.1, 0.15) is 0 Å². The van der Waals surface area contributed by atoms with Gasteiger partial charge in [-0.3, -0.25) is 0 Å². The van der Waals surface area contributed by atoms with Gasteiger partial charge in [0.05, 0.1) is 24.3 Å². The molecule has 0 atom stereocenters. The lowest BCUT2D eigenvalue weighted by molar-refractivity contribution is 0.225. The van der Waals surface area contributed by atoms with Gasteiger partial charge in [-0.1, -0.05) is 0 Å². The molecule has 1 aromatic carbocycles. The summed E-state index contributed by atoms with van der Waals surface area (Å²) in [5, 5.41) is 8.84. The van der Waals surface area contributed by atoms with E-state index in [2.05, 4.69) is 22.0 Å². The molecule has 0 aromatic heterocycles. The molecule has 2 rings (SSSR count). The molecule has 1 aliphatic rings. The summed E-state index contributed by atoms with van der Waals surface area (Å²) in [6.07, 6.45) is 3.48. The average Bonchev–Trinajstić information content (AvgIpc) is 3.18. The van der Waals surface area contributed by atoms with Crippen molar-refractivity contribution < 1.29 is 9.47 Å². The SMILES string of the molecule is COc1cc(CCN)cc(Br)c1OCC1(CC#N)CC1. The largest absolute Gasteiger partial charge is 0.493 e. The number of nitrogens with zero attached hydrogens (tertiary/aromatic N) is 1. The predicted molar refractivity (Wildman–Crippen MR) is 80.8 cm³/mol. The Balaban J connectivity index is 2.13. The Morgan fingerprint density at radius 2 is 2.20 bits per heavy atom. The number of benzene rings is 1. The molecule has 0 spiro atoms. The van der Waals surface area contributed by atoms with Crippen molar-refractivity contribution in [2.45, 2.75) is 25.7 Å². The fourth-order valence-electron chi connectivity index (χ4n) is 2.17. The van der Waals surface area contributed by atoms with E-state index in [1.807, 2.05) is 12.1 Å². The molecule has 0 amide bonds. The molecular weight excluding hydrogens is 320 g/mol. The number of ether oxygens (including phenoxy) is 2. The third-order valence-electron chi connectivity index (χ3n) is 3.66. The summed E-state index contributed by atoms with van der Waals surface area (Å²) in [7, 11) is 1.63. The lowest BCUT2D eigenvalue weighted by Crippen LogP contribution is -2.13. The molecule has 108 valence electrons. The van der Waals surface area contributed by atoms with Crippen molar-refractivity contribution in [1.29, 1.82) is 5.26 Å². The Kier molecular flexibility index (Phi) is 4.90. The van der Waals surface area contributed by atoms with Crippen molar-refractivity contribution in [3.63, 3.8) is 0 Å². The van der Waals surface area contributed by atoms with E-state index >= 15 is 0 Å². The van der Waals surface area contributed by atoms with Crippen LogP contribution in [0.25, 0.3) is 0 Å². The van der Waals surface area contributed by atoms with Crippen LogP contribution in [0.15, 0.2) is 16.6 Å².